The van der Waals surface area contributed by atoms with Crippen LogP contribution in [-0.4, -0.2) is 36.0 Å². The molecule has 0 fully saturated rings. The van der Waals surface area contributed by atoms with E-state index in [9.17, 15) is 9.59 Å². The van der Waals surface area contributed by atoms with E-state index < -0.39 is 0 Å². The molecule has 5 heteroatoms. The number of aryl methyl sites for hydroxylation is 1. The number of hydrogen-bond acceptors (Lipinski definition) is 3. The molecule has 0 saturated heterocycles. The first-order valence-electron chi connectivity index (χ1n) is 7.15. The van der Waals surface area contributed by atoms with Crippen LogP contribution in [0.15, 0.2) is 53.5 Å². The molecular weight excluding hydrogens is 278 g/mol. The molecule has 0 bridgehead atoms. The number of carbonyl (C=O) groups is 1. The van der Waals surface area contributed by atoms with Crippen molar-refractivity contribution in [1.82, 2.24) is 14.8 Å². The predicted octanol–water partition coefficient (Wildman–Crippen LogP) is 1.42. The molecule has 0 radical (unpaired) electrons. The van der Waals surface area contributed by atoms with E-state index in [0.29, 0.717) is 12.1 Å². The van der Waals surface area contributed by atoms with Crippen LogP contribution in [0.5, 0.6) is 0 Å². The van der Waals surface area contributed by atoms with Crippen molar-refractivity contribution in [1.29, 1.82) is 0 Å². The normalized spacial score (nSPS) is 12.2. The largest absolute Gasteiger partial charge is 0.350 e. The minimum absolute atomic E-state index is 0.0803. The second-order valence-corrected chi connectivity index (χ2v) is 5.46. The Kier molecular flexibility index (Phi) is 5.12. The Bertz CT molecular complexity index is 693. The summed E-state index contributed by atoms with van der Waals surface area (Å²) in [6, 6.07) is 13.1. The van der Waals surface area contributed by atoms with Gasteiger partial charge in [0.25, 0.3) is 11.5 Å². The number of nitrogens with zero attached hydrogens (tertiary/aromatic N) is 2. The van der Waals surface area contributed by atoms with Crippen molar-refractivity contribution in [3.63, 3.8) is 0 Å². The fourth-order valence-electron chi connectivity index (χ4n) is 2.25. The summed E-state index contributed by atoms with van der Waals surface area (Å²) in [5.41, 5.74) is 1.32. The Morgan fingerprint density at radius 3 is 2.50 bits per heavy atom. The van der Waals surface area contributed by atoms with Crippen molar-refractivity contribution in [3.8, 4) is 0 Å². The smallest absolute Gasteiger partial charge is 0.251 e. The lowest BCUT2D eigenvalue weighted by atomic mass is 10.1. The fourth-order valence-corrected chi connectivity index (χ4v) is 2.25. The molecule has 1 heterocycles. The van der Waals surface area contributed by atoms with Gasteiger partial charge < -0.3 is 14.8 Å². The summed E-state index contributed by atoms with van der Waals surface area (Å²) in [6.07, 6.45) is 1.60. The van der Waals surface area contributed by atoms with E-state index in [0.717, 1.165) is 5.56 Å². The number of aromatic nitrogens is 1. The highest BCUT2D eigenvalue weighted by Gasteiger charge is 2.15. The number of pyridine rings is 1. The fraction of sp³-hybridized carbons (Fsp3) is 0.294. The van der Waals surface area contributed by atoms with Gasteiger partial charge in [0.2, 0.25) is 0 Å². The second-order valence-electron chi connectivity index (χ2n) is 5.46. The van der Waals surface area contributed by atoms with Gasteiger partial charge in [0.05, 0.1) is 6.04 Å². The lowest BCUT2D eigenvalue weighted by Crippen LogP contribution is -2.35. The van der Waals surface area contributed by atoms with Gasteiger partial charge in [0.1, 0.15) is 0 Å². The van der Waals surface area contributed by atoms with Gasteiger partial charge in [0.15, 0.2) is 0 Å². The van der Waals surface area contributed by atoms with E-state index in [4.69, 9.17) is 0 Å². The molecule has 1 aromatic carbocycles. The monoisotopic (exact) mass is 299 g/mol. The van der Waals surface area contributed by atoms with E-state index in [2.05, 4.69) is 10.2 Å². The van der Waals surface area contributed by atoms with Gasteiger partial charge >= 0.3 is 0 Å². The summed E-state index contributed by atoms with van der Waals surface area (Å²) in [6.45, 7) is 0.477. The lowest BCUT2D eigenvalue weighted by Gasteiger charge is -2.25. The number of rotatable bonds is 5. The number of nitrogens with one attached hydrogen (secondary N) is 1. The van der Waals surface area contributed by atoms with Crippen LogP contribution in [0.1, 0.15) is 22.0 Å². The third-order valence-corrected chi connectivity index (χ3v) is 3.63. The molecule has 0 saturated carbocycles. The van der Waals surface area contributed by atoms with Gasteiger partial charge in [-0.15, -0.1) is 0 Å². The van der Waals surface area contributed by atoms with Crippen LogP contribution in [0, 0.1) is 0 Å². The van der Waals surface area contributed by atoms with Crippen molar-refractivity contribution in [3.05, 3.63) is 70.1 Å². The average molecular weight is 299 g/mol. The van der Waals surface area contributed by atoms with Gasteiger partial charge in [0, 0.05) is 31.4 Å². The number of carbonyl (C=O) groups excluding carboxylic acids is 1. The average Bonchev–Trinajstić information content (AvgIpc) is 2.50. The van der Waals surface area contributed by atoms with Gasteiger partial charge in [-0.3, -0.25) is 9.59 Å². The summed E-state index contributed by atoms with van der Waals surface area (Å²) in [7, 11) is 5.60. The van der Waals surface area contributed by atoms with Gasteiger partial charge in [-0.05, 0) is 25.7 Å². The van der Waals surface area contributed by atoms with Crippen LogP contribution in [0.4, 0.5) is 0 Å². The van der Waals surface area contributed by atoms with Crippen molar-refractivity contribution in [2.24, 2.45) is 7.05 Å². The lowest BCUT2D eigenvalue weighted by molar-refractivity contribution is 0.0941. The molecular formula is C17H21N3O2. The molecule has 1 amide bonds. The van der Waals surface area contributed by atoms with Crippen molar-refractivity contribution in [2.45, 2.75) is 6.04 Å². The SMILES string of the molecule is CN(C)[C@@H](CNC(=O)c1ccn(C)c(=O)c1)c1ccccc1. The van der Waals surface area contributed by atoms with Crippen molar-refractivity contribution < 1.29 is 4.79 Å². The van der Waals surface area contributed by atoms with Crippen molar-refractivity contribution >= 4 is 5.91 Å². The standard InChI is InChI=1S/C17H21N3O2/c1-19(2)15(13-7-5-4-6-8-13)12-18-17(22)14-9-10-20(3)16(21)11-14/h4-11,15H,12H2,1-3H3,(H,18,22)/t15-/m0/s1. The maximum atomic E-state index is 12.2. The summed E-state index contributed by atoms with van der Waals surface area (Å²) in [5, 5.41) is 2.90. The number of amides is 1. The summed E-state index contributed by atoms with van der Waals surface area (Å²) in [4.78, 5) is 25.8. The van der Waals surface area contributed by atoms with E-state index in [1.165, 1.54) is 10.6 Å². The highest BCUT2D eigenvalue weighted by atomic mass is 16.2. The molecule has 2 rings (SSSR count). The summed E-state index contributed by atoms with van der Waals surface area (Å²) in [5.74, 6) is -0.236. The number of likely N-dealkylation sites (N-methyl/N-ethyl adjacent to an activating group) is 1. The first-order chi connectivity index (χ1) is 10.5. The highest BCUT2D eigenvalue weighted by molar-refractivity contribution is 5.93. The first kappa shape index (κ1) is 16.0. The zero-order chi connectivity index (χ0) is 16.1. The zero-order valence-corrected chi connectivity index (χ0v) is 13.1. The summed E-state index contributed by atoms with van der Waals surface area (Å²) < 4.78 is 1.43. The molecule has 0 aliphatic rings. The minimum Gasteiger partial charge on any atom is -0.350 e. The third-order valence-electron chi connectivity index (χ3n) is 3.63. The molecule has 1 aromatic heterocycles. The topological polar surface area (TPSA) is 54.3 Å². The maximum absolute atomic E-state index is 12.2. The Morgan fingerprint density at radius 2 is 1.91 bits per heavy atom. The van der Waals surface area contributed by atoms with Crippen LogP contribution in [0.3, 0.4) is 0 Å². The summed E-state index contributed by atoms with van der Waals surface area (Å²) >= 11 is 0. The molecule has 0 spiro atoms. The predicted molar refractivity (Wildman–Crippen MR) is 86.9 cm³/mol. The van der Waals surface area contributed by atoms with Crippen molar-refractivity contribution in [2.75, 3.05) is 20.6 Å². The van der Waals surface area contributed by atoms with E-state index in [1.54, 1.807) is 19.3 Å². The Balaban J connectivity index is 2.08. The zero-order valence-electron chi connectivity index (χ0n) is 13.1. The van der Waals surface area contributed by atoms with E-state index in [1.807, 2.05) is 44.4 Å². The Labute approximate surface area is 130 Å². The van der Waals surface area contributed by atoms with Gasteiger partial charge in [-0.25, -0.2) is 0 Å². The molecule has 1 N–H and O–H groups in total. The quantitative estimate of drug-likeness (QED) is 0.908. The Morgan fingerprint density at radius 1 is 1.23 bits per heavy atom. The second kappa shape index (κ2) is 7.04. The molecule has 22 heavy (non-hydrogen) atoms. The van der Waals surface area contributed by atoms with Crippen LogP contribution in [0.25, 0.3) is 0 Å². The van der Waals surface area contributed by atoms with Gasteiger partial charge in [-0.2, -0.15) is 0 Å². The van der Waals surface area contributed by atoms with Crippen LogP contribution < -0.4 is 10.9 Å². The molecule has 0 aliphatic heterocycles. The van der Waals surface area contributed by atoms with Crippen LogP contribution in [0.2, 0.25) is 0 Å². The number of hydrogen-bond donors (Lipinski definition) is 1. The van der Waals surface area contributed by atoms with E-state index >= 15 is 0 Å². The molecule has 0 aliphatic carbocycles. The molecule has 2 aromatic rings. The van der Waals surface area contributed by atoms with Crippen LogP contribution >= 0.6 is 0 Å². The van der Waals surface area contributed by atoms with Crippen LogP contribution in [-0.2, 0) is 7.05 Å². The molecule has 1 atom stereocenters. The third kappa shape index (κ3) is 3.83. The molecule has 5 nitrogen and oxygen atoms in total. The minimum atomic E-state index is -0.236. The highest BCUT2D eigenvalue weighted by Crippen LogP contribution is 2.16. The first-order valence-corrected chi connectivity index (χ1v) is 7.15. The Hall–Kier alpha value is -2.40. The van der Waals surface area contributed by atoms with E-state index in [-0.39, 0.29) is 17.5 Å². The molecule has 116 valence electrons. The molecule has 0 unspecified atom stereocenters. The number of benzene rings is 1. The van der Waals surface area contributed by atoms with Gasteiger partial charge in [-0.1, -0.05) is 30.3 Å². The maximum Gasteiger partial charge on any atom is 0.251 e.